The molecular formula is C18H17N6O+. The molecule has 3 N–H and O–H groups in total. The van der Waals surface area contributed by atoms with Gasteiger partial charge in [0.1, 0.15) is 5.82 Å². The first-order valence-corrected chi connectivity index (χ1v) is 7.94. The third kappa shape index (κ3) is 2.76. The summed E-state index contributed by atoms with van der Waals surface area (Å²) in [4.78, 5) is 21.4. The van der Waals surface area contributed by atoms with Crippen LogP contribution < -0.4 is 15.3 Å². The maximum absolute atomic E-state index is 13.0. The van der Waals surface area contributed by atoms with Gasteiger partial charge in [0.25, 0.3) is 5.91 Å². The van der Waals surface area contributed by atoms with Crippen LogP contribution in [0.25, 0.3) is 0 Å². The highest BCUT2D eigenvalue weighted by Gasteiger charge is 2.38. The van der Waals surface area contributed by atoms with E-state index >= 15 is 0 Å². The maximum Gasteiger partial charge on any atom is 0.416 e. The van der Waals surface area contributed by atoms with Crippen molar-refractivity contribution in [3.63, 3.8) is 0 Å². The van der Waals surface area contributed by atoms with E-state index in [2.05, 4.69) is 25.7 Å². The third-order valence-electron chi connectivity index (χ3n) is 4.11. The number of carbonyl (C=O) groups is 1. The van der Waals surface area contributed by atoms with Crippen LogP contribution in [0.2, 0.25) is 0 Å². The summed E-state index contributed by atoms with van der Waals surface area (Å²) in [5.74, 6) is 0.978. The molecule has 1 atom stereocenters. The van der Waals surface area contributed by atoms with Crippen molar-refractivity contribution in [3.8, 4) is 0 Å². The second kappa shape index (κ2) is 6.20. The van der Waals surface area contributed by atoms with E-state index in [0.717, 1.165) is 11.3 Å². The summed E-state index contributed by atoms with van der Waals surface area (Å²) < 4.78 is 1.84. The Morgan fingerprint density at radius 3 is 2.68 bits per heavy atom. The monoisotopic (exact) mass is 333 g/mol. The second-order valence-electron chi connectivity index (χ2n) is 5.73. The van der Waals surface area contributed by atoms with Crippen molar-refractivity contribution >= 4 is 17.7 Å². The predicted octanol–water partition coefficient (Wildman–Crippen LogP) is 2.02. The Morgan fingerprint density at radius 1 is 1.12 bits per heavy atom. The summed E-state index contributed by atoms with van der Waals surface area (Å²) in [6.07, 6.45) is 3.25. The number of allylic oxidation sites excluding steroid dienone is 1. The predicted molar refractivity (Wildman–Crippen MR) is 92.6 cm³/mol. The van der Waals surface area contributed by atoms with Crippen molar-refractivity contribution in [1.82, 2.24) is 15.1 Å². The van der Waals surface area contributed by atoms with Crippen molar-refractivity contribution in [3.05, 3.63) is 77.9 Å². The summed E-state index contributed by atoms with van der Waals surface area (Å²) in [5.41, 5.74) is 2.36. The molecule has 7 nitrogen and oxygen atoms in total. The van der Waals surface area contributed by atoms with Crippen LogP contribution in [0.1, 0.15) is 18.5 Å². The molecule has 1 aromatic carbocycles. The molecule has 1 amide bonds. The molecule has 0 bridgehead atoms. The molecule has 124 valence electrons. The summed E-state index contributed by atoms with van der Waals surface area (Å²) in [6.45, 7) is 1.88. The van der Waals surface area contributed by atoms with E-state index in [4.69, 9.17) is 0 Å². The lowest BCUT2D eigenvalue weighted by Gasteiger charge is -2.23. The molecule has 4 rings (SSSR count). The summed E-state index contributed by atoms with van der Waals surface area (Å²) >= 11 is 0. The van der Waals surface area contributed by atoms with E-state index in [-0.39, 0.29) is 11.9 Å². The lowest BCUT2D eigenvalue weighted by atomic mass is 9.95. The van der Waals surface area contributed by atoms with Gasteiger partial charge in [-0.2, -0.15) is 0 Å². The third-order valence-corrected chi connectivity index (χ3v) is 4.11. The Kier molecular flexibility index (Phi) is 3.74. The number of carbonyl (C=O) groups excluding carboxylic acids is 1. The normalized spacial score (nSPS) is 16.1. The number of amides is 1. The number of anilines is 2. The Hall–Kier alpha value is -3.48. The van der Waals surface area contributed by atoms with Gasteiger partial charge in [-0.25, -0.2) is 15.4 Å². The second-order valence-corrected chi connectivity index (χ2v) is 5.73. The average Bonchev–Trinajstić information content (AvgIpc) is 3.10. The highest BCUT2D eigenvalue weighted by atomic mass is 16.1. The first-order valence-electron chi connectivity index (χ1n) is 7.94. The van der Waals surface area contributed by atoms with E-state index in [1.54, 1.807) is 18.6 Å². The zero-order valence-corrected chi connectivity index (χ0v) is 13.6. The van der Waals surface area contributed by atoms with Gasteiger partial charge in [-0.05, 0) is 24.6 Å². The number of fused-ring (bicyclic) bond motifs is 1. The summed E-state index contributed by atoms with van der Waals surface area (Å²) in [5, 5.41) is 9.13. The van der Waals surface area contributed by atoms with Gasteiger partial charge in [0.2, 0.25) is 0 Å². The number of hydrogen-bond acceptors (Lipinski definition) is 4. The average molecular weight is 333 g/mol. The maximum atomic E-state index is 13.0. The van der Waals surface area contributed by atoms with E-state index in [1.807, 2.05) is 54.1 Å². The van der Waals surface area contributed by atoms with Gasteiger partial charge in [-0.3, -0.25) is 4.79 Å². The van der Waals surface area contributed by atoms with Crippen LogP contribution in [-0.4, -0.2) is 21.0 Å². The van der Waals surface area contributed by atoms with E-state index in [0.29, 0.717) is 17.3 Å². The van der Waals surface area contributed by atoms with E-state index < -0.39 is 0 Å². The molecule has 1 unspecified atom stereocenters. The van der Waals surface area contributed by atoms with E-state index in [9.17, 15) is 4.79 Å². The van der Waals surface area contributed by atoms with Crippen LogP contribution in [-0.2, 0) is 4.79 Å². The molecule has 3 heterocycles. The van der Waals surface area contributed by atoms with Crippen LogP contribution in [0.15, 0.2) is 72.3 Å². The zero-order chi connectivity index (χ0) is 17.2. The Balaban J connectivity index is 1.77. The first-order chi connectivity index (χ1) is 12.2. The molecule has 0 spiro atoms. The summed E-state index contributed by atoms with van der Waals surface area (Å²) in [6, 6.07) is 15.0. The van der Waals surface area contributed by atoms with Crippen LogP contribution in [0.3, 0.4) is 0 Å². The topological polar surface area (TPSA) is 86.6 Å². The number of aromatic nitrogens is 4. The van der Waals surface area contributed by atoms with Gasteiger partial charge in [0.15, 0.2) is 12.4 Å². The molecule has 3 aromatic rings. The number of nitrogens with zero attached hydrogens (tertiary/aromatic N) is 3. The van der Waals surface area contributed by atoms with Gasteiger partial charge >= 0.3 is 5.95 Å². The van der Waals surface area contributed by atoms with Crippen LogP contribution >= 0.6 is 0 Å². The molecule has 0 fully saturated rings. The Labute approximate surface area is 144 Å². The number of rotatable bonds is 3. The van der Waals surface area contributed by atoms with Crippen LogP contribution in [0, 0.1) is 0 Å². The van der Waals surface area contributed by atoms with Gasteiger partial charge in [0.05, 0.1) is 11.3 Å². The fraction of sp³-hybridized carbons (Fsp3) is 0.111. The number of hydrogen-bond donors (Lipinski definition) is 3. The van der Waals surface area contributed by atoms with Crippen molar-refractivity contribution in [2.75, 3.05) is 10.6 Å². The standard InChI is InChI=1S/C18H16N6O/c1-12-15(17(25)23-14-9-5-6-10-19-14)16(13-7-3-2-4-8-13)24-18(22-12)20-11-21-24/h2-11,16H,1H3,(H2,19,20,21,22,23,25)/p+1. The molecule has 0 saturated heterocycles. The molecule has 1 aliphatic heterocycles. The molecular weight excluding hydrogens is 316 g/mol. The minimum atomic E-state index is -0.302. The largest absolute Gasteiger partial charge is 0.416 e. The van der Waals surface area contributed by atoms with Crippen LogP contribution in [0.4, 0.5) is 11.8 Å². The van der Waals surface area contributed by atoms with Crippen molar-refractivity contribution in [2.24, 2.45) is 0 Å². The number of pyridine rings is 1. The fourth-order valence-electron chi connectivity index (χ4n) is 3.00. The number of H-pyrrole nitrogens is 1. The lowest BCUT2D eigenvalue weighted by molar-refractivity contribution is -0.746. The number of aromatic amines is 1. The molecule has 0 saturated carbocycles. The molecule has 2 aromatic heterocycles. The lowest BCUT2D eigenvalue weighted by Crippen LogP contribution is -2.50. The SMILES string of the molecule is CC1=C(C(=O)Nc2ccccn2)C(c2ccccc2)[n+]2[nH]cnc2N1. The molecule has 7 heteroatoms. The van der Waals surface area contributed by atoms with E-state index in [1.165, 1.54) is 0 Å². The van der Waals surface area contributed by atoms with Crippen molar-refractivity contribution in [2.45, 2.75) is 13.0 Å². The minimum absolute atomic E-state index is 0.203. The fourth-order valence-corrected chi connectivity index (χ4v) is 3.00. The first kappa shape index (κ1) is 15.1. The number of benzene rings is 1. The zero-order valence-electron chi connectivity index (χ0n) is 13.6. The van der Waals surface area contributed by atoms with Gasteiger partial charge in [0, 0.05) is 6.20 Å². The van der Waals surface area contributed by atoms with Crippen molar-refractivity contribution < 1.29 is 9.48 Å². The smallest absolute Gasteiger partial charge is 0.307 e. The summed E-state index contributed by atoms with van der Waals surface area (Å²) in [7, 11) is 0. The van der Waals surface area contributed by atoms with Crippen molar-refractivity contribution in [1.29, 1.82) is 0 Å². The molecule has 25 heavy (non-hydrogen) atoms. The molecule has 0 aliphatic carbocycles. The van der Waals surface area contributed by atoms with Gasteiger partial charge in [-0.1, -0.05) is 41.4 Å². The highest BCUT2D eigenvalue weighted by Crippen LogP contribution is 2.29. The molecule has 0 radical (unpaired) electrons. The highest BCUT2D eigenvalue weighted by molar-refractivity contribution is 6.05. The quantitative estimate of drug-likeness (QED) is 0.640. The van der Waals surface area contributed by atoms with Gasteiger partial charge < -0.3 is 5.32 Å². The minimum Gasteiger partial charge on any atom is -0.307 e. The number of nitrogens with one attached hydrogen (secondary N) is 3. The molecule has 1 aliphatic rings. The van der Waals surface area contributed by atoms with Gasteiger partial charge in [-0.15, -0.1) is 4.68 Å². The Bertz CT molecular complexity index is 932. The van der Waals surface area contributed by atoms with Crippen LogP contribution in [0.5, 0.6) is 0 Å². The Morgan fingerprint density at radius 2 is 1.92 bits per heavy atom.